The van der Waals surface area contributed by atoms with Gasteiger partial charge in [-0.2, -0.15) is 0 Å². The summed E-state index contributed by atoms with van der Waals surface area (Å²) >= 11 is 0. The zero-order chi connectivity index (χ0) is 7.40. The summed E-state index contributed by atoms with van der Waals surface area (Å²) in [6, 6.07) is 0. The van der Waals surface area contributed by atoms with E-state index in [9.17, 15) is 0 Å². The molecule has 1 rings (SSSR count). The molecule has 0 atom stereocenters. The molecule has 0 amide bonds. The summed E-state index contributed by atoms with van der Waals surface area (Å²) in [5.74, 6) is 2.10. The van der Waals surface area contributed by atoms with Crippen molar-refractivity contribution in [3.05, 3.63) is 17.6 Å². The molecule has 0 radical (unpaired) electrons. The van der Waals surface area contributed by atoms with Gasteiger partial charge in [-0.1, -0.05) is 0 Å². The normalized spacial score (nSPS) is 10.2. The molecule has 1 heterocycles. The molecule has 10 heavy (non-hydrogen) atoms. The SMILES string of the molecule is CBc1[nH]bcc1/C=C\C. The number of H-pyrrole nitrogens is 1. The predicted octanol–water partition coefficient (Wildman–Crippen LogP) is 0.496. The summed E-state index contributed by atoms with van der Waals surface area (Å²) in [5, 5.41) is 0. The van der Waals surface area contributed by atoms with E-state index >= 15 is 0 Å². The van der Waals surface area contributed by atoms with Crippen LogP contribution >= 0.6 is 0 Å². The third-order valence-electron chi connectivity index (χ3n) is 1.57. The van der Waals surface area contributed by atoms with Crippen molar-refractivity contribution < 1.29 is 0 Å². The van der Waals surface area contributed by atoms with Crippen LogP contribution in [-0.4, -0.2) is 19.2 Å². The molecule has 0 bridgehead atoms. The molecule has 1 nitrogen and oxygen atoms in total. The van der Waals surface area contributed by atoms with Gasteiger partial charge in [0.1, 0.15) is 0 Å². The van der Waals surface area contributed by atoms with Crippen LogP contribution in [0.15, 0.2) is 12.0 Å². The predicted molar refractivity (Wildman–Crippen MR) is 49.5 cm³/mol. The Balaban J connectivity index is 2.90. The van der Waals surface area contributed by atoms with Gasteiger partial charge in [0.2, 0.25) is 0 Å². The van der Waals surface area contributed by atoms with Crippen molar-refractivity contribution in [3.63, 3.8) is 0 Å². The molecule has 0 spiro atoms. The van der Waals surface area contributed by atoms with Gasteiger partial charge in [0.25, 0.3) is 0 Å². The Labute approximate surface area is 63.0 Å². The Morgan fingerprint density at radius 3 is 3.10 bits per heavy atom. The molecule has 0 unspecified atom stereocenters. The Kier molecular flexibility index (Phi) is 2.55. The van der Waals surface area contributed by atoms with Gasteiger partial charge in [-0.3, -0.25) is 0 Å². The monoisotopic (exact) mass is 131 g/mol. The van der Waals surface area contributed by atoms with Crippen LogP contribution < -0.4 is 5.59 Å². The molecule has 3 heteroatoms. The first-order valence-electron chi connectivity index (χ1n) is 3.67. The number of rotatable bonds is 2. The van der Waals surface area contributed by atoms with Crippen LogP contribution in [0.5, 0.6) is 0 Å². The third-order valence-corrected chi connectivity index (χ3v) is 1.57. The third kappa shape index (κ3) is 1.41. The van der Waals surface area contributed by atoms with E-state index in [-0.39, 0.29) is 0 Å². The molecule has 0 saturated heterocycles. The van der Waals surface area contributed by atoms with Crippen LogP contribution in [-0.2, 0) is 0 Å². The first-order valence-corrected chi connectivity index (χ1v) is 3.67. The molecule has 1 N–H and O–H groups in total. The van der Waals surface area contributed by atoms with Crippen LogP contribution in [0.25, 0.3) is 6.08 Å². The van der Waals surface area contributed by atoms with E-state index in [0.29, 0.717) is 0 Å². The second kappa shape index (κ2) is 3.45. The van der Waals surface area contributed by atoms with Crippen LogP contribution in [0.1, 0.15) is 12.5 Å². The van der Waals surface area contributed by atoms with Crippen molar-refractivity contribution in [2.75, 3.05) is 0 Å². The minimum absolute atomic E-state index is 1.08. The van der Waals surface area contributed by atoms with Crippen LogP contribution in [0.2, 0.25) is 6.82 Å². The molecule has 1 aromatic heterocycles. The molecule has 0 aliphatic rings. The summed E-state index contributed by atoms with van der Waals surface area (Å²) in [6.45, 7) is 4.19. The van der Waals surface area contributed by atoms with E-state index in [0.717, 1.165) is 7.28 Å². The Hall–Kier alpha value is -0.720. The number of allylic oxidation sites excluding steroid dienone is 1. The van der Waals surface area contributed by atoms with Crippen molar-refractivity contribution in [3.8, 4) is 0 Å². The van der Waals surface area contributed by atoms with Crippen molar-refractivity contribution >= 4 is 26.0 Å². The fraction of sp³-hybridized carbons (Fsp3) is 0.286. The second-order valence-electron chi connectivity index (χ2n) is 2.27. The topological polar surface area (TPSA) is 15.8 Å². The number of aromatic nitrogens is 1. The Morgan fingerprint density at radius 1 is 1.70 bits per heavy atom. The van der Waals surface area contributed by atoms with Crippen LogP contribution in [0, 0.1) is 0 Å². The Bertz CT molecular complexity index is 227. The average molecular weight is 131 g/mol. The fourth-order valence-electron chi connectivity index (χ4n) is 1.06. The number of aromatic amines is 1. The van der Waals surface area contributed by atoms with Gasteiger partial charge in [-0.15, -0.1) is 0 Å². The molecule has 1 aromatic rings. The van der Waals surface area contributed by atoms with Gasteiger partial charge in [0.15, 0.2) is 0 Å². The van der Waals surface area contributed by atoms with E-state index in [1.165, 1.54) is 11.2 Å². The summed E-state index contributed by atoms with van der Waals surface area (Å²) < 4.78 is 0. The van der Waals surface area contributed by atoms with E-state index in [2.05, 4.69) is 29.8 Å². The summed E-state index contributed by atoms with van der Waals surface area (Å²) in [6.07, 6.45) is 4.18. The zero-order valence-corrected chi connectivity index (χ0v) is 6.52. The van der Waals surface area contributed by atoms with E-state index in [1.54, 1.807) is 0 Å². The van der Waals surface area contributed by atoms with Gasteiger partial charge >= 0.3 is 62.2 Å². The standard InChI is InChI=1S/C7H11B2N/c1-3-4-6-5-9-10-7(6)8-2/h3-5,8,10H,1-2H3/b4-3-. The molecular formula is C7H11B2N. The molecule has 50 valence electrons. The van der Waals surface area contributed by atoms with Crippen molar-refractivity contribution in [2.24, 2.45) is 0 Å². The molecule has 0 aliphatic heterocycles. The van der Waals surface area contributed by atoms with E-state index in [4.69, 9.17) is 0 Å². The van der Waals surface area contributed by atoms with Gasteiger partial charge in [0.05, 0.1) is 0 Å². The average Bonchev–Trinajstić information content (AvgIpc) is 2.36. The van der Waals surface area contributed by atoms with Crippen molar-refractivity contribution in [2.45, 2.75) is 13.7 Å². The summed E-state index contributed by atoms with van der Waals surface area (Å²) in [4.78, 5) is 3.19. The van der Waals surface area contributed by atoms with Gasteiger partial charge < -0.3 is 0 Å². The quantitative estimate of drug-likeness (QED) is 0.562. The first-order chi connectivity index (χ1) is 4.88. The summed E-state index contributed by atoms with van der Waals surface area (Å²) in [7, 11) is 3.06. The molecule has 0 aliphatic carbocycles. The second-order valence-corrected chi connectivity index (χ2v) is 2.27. The van der Waals surface area contributed by atoms with Gasteiger partial charge in [-0.25, -0.2) is 0 Å². The number of nitrogens with one attached hydrogen (secondary N) is 1. The molecule has 0 fully saturated rings. The molecule has 0 aromatic carbocycles. The van der Waals surface area contributed by atoms with Crippen molar-refractivity contribution in [1.82, 2.24) is 4.89 Å². The van der Waals surface area contributed by atoms with Gasteiger partial charge in [0, 0.05) is 0 Å². The van der Waals surface area contributed by atoms with Crippen LogP contribution in [0.4, 0.5) is 0 Å². The number of hydrogen-bond donors (Lipinski definition) is 1. The van der Waals surface area contributed by atoms with Crippen molar-refractivity contribution in [1.29, 1.82) is 0 Å². The van der Waals surface area contributed by atoms with E-state index in [1.807, 2.05) is 14.0 Å². The van der Waals surface area contributed by atoms with E-state index < -0.39 is 0 Å². The molecular weight excluding hydrogens is 120 g/mol. The Morgan fingerprint density at radius 2 is 2.50 bits per heavy atom. The fourth-order valence-corrected chi connectivity index (χ4v) is 1.06. The maximum absolute atomic E-state index is 3.19. The van der Waals surface area contributed by atoms with Crippen LogP contribution in [0.3, 0.4) is 0 Å². The molecule has 0 saturated carbocycles. The first kappa shape index (κ1) is 7.39. The zero-order valence-electron chi connectivity index (χ0n) is 6.52. The number of hydrogen-bond acceptors (Lipinski definition) is 0. The van der Waals surface area contributed by atoms with Gasteiger partial charge in [-0.05, 0) is 0 Å². The maximum atomic E-state index is 3.19. The minimum atomic E-state index is 1.08. The summed E-state index contributed by atoms with van der Waals surface area (Å²) in [5.41, 5.74) is 2.63.